The molecular formula is C18H26N4. The molecule has 4 nitrogen and oxygen atoms in total. The minimum absolute atomic E-state index is 0.786. The Labute approximate surface area is 133 Å². The van der Waals surface area contributed by atoms with Gasteiger partial charge in [-0.25, -0.2) is 9.97 Å². The number of hydrogen-bond donors (Lipinski definition) is 1. The lowest BCUT2D eigenvalue weighted by Gasteiger charge is -2.19. The zero-order valence-electron chi connectivity index (χ0n) is 14.3. The van der Waals surface area contributed by atoms with Crippen LogP contribution in [0.3, 0.4) is 0 Å². The lowest BCUT2D eigenvalue weighted by atomic mass is 10.1. The zero-order valence-corrected chi connectivity index (χ0v) is 14.3. The van der Waals surface area contributed by atoms with Gasteiger partial charge in [0.2, 0.25) is 0 Å². The normalized spacial score (nSPS) is 10.6. The Balaban J connectivity index is 2.24. The highest BCUT2D eigenvalue weighted by Gasteiger charge is 2.08. The van der Waals surface area contributed by atoms with Crippen LogP contribution in [0.5, 0.6) is 0 Å². The summed E-state index contributed by atoms with van der Waals surface area (Å²) in [5, 5.41) is 3.43. The first kappa shape index (κ1) is 16.3. The second-order valence-electron chi connectivity index (χ2n) is 5.88. The van der Waals surface area contributed by atoms with Crippen molar-refractivity contribution in [2.24, 2.45) is 0 Å². The molecule has 0 aliphatic rings. The number of nitrogens with zero attached hydrogens (tertiary/aromatic N) is 3. The molecule has 0 aliphatic heterocycles. The molecule has 1 aromatic heterocycles. The molecule has 4 heteroatoms. The van der Waals surface area contributed by atoms with E-state index in [4.69, 9.17) is 0 Å². The molecule has 0 spiro atoms. The number of unbranched alkanes of at least 4 members (excludes halogenated alkanes) is 1. The molecule has 0 atom stereocenters. The van der Waals surface area contributed by atoms with Gasteiger partial charge in [-0.15, -0.1) is 0 Å². The lowest BCUT2D eigenvalue weighted by Crippen LogP contribution is -2.20. The average molecular weight is 298 g/mol. The summed E-state index contributed by atoms with van der Waals surface area (Å²) >= 11 is 0. The van der Waals surface area contributed by atoms with E-state index in [9.17, 15) is 0 Å². The van der Waals surface area contributed by atoms with E-state index in [0.717, 1.165) is 29.7 Å². The fourth-order valence-electron chi connectivity index (χ4n) is 2.33. The summed E-state index contributed by atoms with van der Waals surface area (Å²) in [5.74, 6) is 2.60. The highest BCUT2D eigenvalue weighted by Crippen LogP contribution is 2.23. The van der Waals surface area contributed by atoms with E-state index in [1.165, 1.54) is 24.0 Å². The summed E-state index contributed by atoms with van der Waals surface area (Å²) in [5.41, 5.74) is 3.54. The van der Waals surface area contributed by atoms with Crippen LogP contribution in [0.15, 0.2) is 24.3 Å². The van der Waals surface area contributed by atoms with Crippen molar-refractivity contribution in [2.75, 3.05) is 23.8 Å². The third-order valence-electron chi connectivity index (χ3n) is 3.72. The van der Waals surface area contributed by atoms with E-state index in [0.29, 0.717) is 0 Å². The van der Waals surface area contributed by atoms with Crippen molar-refractivity contribution in [3.8, 4) is 0 Å². The molecule has 2 rings (SSSR count). The van der Waals surface area contributed by atoms with E-state index >= 15 is 0 Å². The molecule has 1 heterocycles. The van der Waals surface area contributed by atoms with Crippen LogP contribution in [-0.2, 0) is 0 Å². The van der Waals surface area contributed by atoms with Gasteiger partial charge in [-0.1, -0.05) is 25.5 Å². The summed E-state index contributed by atoms with van der Waals surface area (Å²) in [6, 6.07) is 8.41. The van der Waals surface area contributed by atoms with Crippen LogP contribution in [0.1, 0.15) is 36.7 Å². The van der Waals surface area contributed by atoms with Gasteiger partial charge < -0.3 is 10.2 Å². The summed E-state index contributed by atoms with van der Waals surface area (Å²) in [6.07, 6.45) is 2.35. The number of aryl methyl sites for hydroxylation is 3. The summed E-state index contributed by atoms with van der Waals surface area (Å²) in [7, 11) is 2.08. The van der Waals surface area contributed by atoms with Crippen LogP contribution in [-0.4, -0.2) is 23.6 Å². The van der Waals surface area contributed by atoms with Gasteiger partial charge in [-0.2, -0.15) is 0 Å². The third-order valence-corrected chi connectivity index (χ3v) is 3.72. The summed E-state index contributed by atoms with van der Waals surface area (Å²) in [6.45, 7) is 9.35. The van der Waals surface area contributed by atoms with Gasteiger partial charge in [0.15, 0.2) is 0 Å². The van der Waals surface area contributed by atoms with Gasteiger partial charge in [0.05, 0.1) is 0 Å². The number of anilines is 3. The molecule has 0 amide bonds. The molecule has 0 radical (unpaired) electrons. The van der Waals surface area contributed by atoms with Gasteiger partial charge >= 0.3 is 0 Å². The molecular weight excluding hydrogens is 272 g/mol. The maximum Gasteiger partial charge on any atom is 0.136 e. The lowest BCUT2D eigenvalue weighted by molar-refractivity contribution is 0.756. The van der Waals surface area contributed by atoms with E-state index < -0.39 is 0 Å². The topological polar surface area (TPSA) is 41.0 Å². The van der Waals surface area contributed by atoms with Gasteiger partial charge in [0, 0.05) is 25.3 Å². The standard InChI is InChI=1S/C18H26N4/c1-6-7-10-22(5)18-12-17(19-15(4)20-18)21-16-11-13(2)8-9-14(16)3/h8-9,11-12H,6-7,10H2,1-5H3,(H,19,20,21). The Morgan fingerprint density at radius 1 is 1.09 bits per heavy atom. The fourth-order valence-corrected chi connectivity index (χ4v) is 2.33. The minimum atomic E-state index is 0.786. The quantitative estimate of drug-likeness (QED) is 0.859. The van der Waals surface area contributed by atoms with Gasteiger partial charge in [-0.3, -0.25) is 0 Å². The summed E-state index contributed by atoms with van der Waals surface area (Å²) < 4.78 is 0. The third kappa shape index (κ3) is 4.20. The molecule has 0 fully saturated rings. The van der Waals surface area contributed by atoms with Gasteiger partial charge in [-0.05, 0) is 44.4 Å². The van der Waals surface area contributed by atoms with Crippen molar-refractivity contribution in [3.63, 3.8) is 0 Å². The van der Waals surface area contributed by atoms with E-state index in [2.05, 4.69) is 66.2 Å². The fraction of sp³-hybridized carbons (Fsp3) is 0.444. The number of nitrogens with one attached hydrogen (secondary N) is 1. The Kier molecular flexibility index (Phi) is 5.36. The molecule has 2 aromatic rings. The molecule has 0 bridgehead atoms. The molecule has 1 aromatic carbocycles. The number of rotatable bonds is 6. The second kappa shape index (κ2) is 7.25. The Morgan fingerprint density at radius 2 is 1.86 bits per heavy atom. The van der Waals surface area contributed by atoms with Gasteiger partial charge in [0.1, 0.15) is 17.5 Å². The van der Waals surface area contributed by atoms with Crippen LogP contribution in [0.4, 0.5) is 17.3 Å². The zero-order chi connectivity index (χ0) is 16.1. The Morgan fingerprint density at radius 3 is 2.59 bits per heavy atom. The van der Waals surface area contributed by atoms with Crippen molar-refractivity contribution >= 4 is 17.3 Å². The molecule has 1 N–H and O–H groups in total. The van der Waals surface area contributed by atoms with Crippen molar-refractivity contribution in [1.29, 1.82) is 0 Å². The van der Waals surface area contributed by atoms with Crippen LogP contribution < -0.4 is 10.2 Å². The maximum atomic E-state index is 4.54. The first-order valence-electron chi connectivity index (χ1n) is 7.90. The molecule has 0 aliphatic carbocycles. The Hall–Kier alpha value is -2.10. The molecule has 0 unspecified atom stereocenters. The SMILES string of the molecule is CCCCN(C)c1cc(Nc2cc(C)ccc2C)nc(C)n1. The molecule has 118 valence electrons. The van der Waals surface area contributed by atoms with E-state index in [-0.39, 0.29) is 0 Å². The second-order valence-corrected chi connectivity index (χ2v) is 5.88. The highest BCUT2D eigenvalue weighted by atomic mass is 15.2. The minimum Gasteiger partial charge on any atom is -0.360 e. The first-order valence-corrected chi connectivity index (χ1v) is 7.90. The summed E-state index contributed by atoms with van der Waals surface area (Å²) in [4.78, 5) is 11.2. The molecule has 22 heavy (non-hydrogen) atoms. The maximum absolute atomic E-state index is 4.54. The Bertz CT molecular complexity index is 637. The van der Waals surface area contributed by atoms with E-state index in [1.54, 1.807) is 0 Å². The smallest absolute Gasteiger partial charge is 0.136 e. The monoisotopic (exact) mass is 298 g/mol. The van der Waals surface area contributed by atoms with Gasteiger partial charge in [0.25, 0.3) is 0 Å². The number of aromatic nitrogens is 2. The average Bonchev–Trinajstić information content (AvgIpc) is 2.48. The van der Waals surface area contributed by atoms with Crippen molar-refractivity contribution in [3.05, 3.63) is 41.2 Å². The number of benzene rings is 1. The van der Waals surface area contributed by atoms with Crippen LogP contribution >= 0.6 is 0 Å². The predicted molar refractivity (Wildman–Crippen MR) is 94.1 cm³/mol. The van der Waals surface area contributed by atoms with Crippen molar-refractivity contribution < 1.29 is 0 Å². The molecule has 0 saturated heterocycles. The van der Waals surface area contributed by atoms with Crippen LogP contribution in [0.2, 0.25) is 0 Å². The highest BCUT2D eigenvalue weighted by molar-refractivity contribution is 5.63. The van der Waals surface area contributed by atoms with Crippen LogP contribution in [0, 0.1) is 20.8 Å². The van der Waals surface area contributed by atoms with Crippen molar-refractivity contribution in [2.45, 2.75) is 40.5 Å². The van der Waals surface area contributed by atoms with E-state index in [1.807, 2.05) is 13.0 Å². The van der Waals surface area contributed by atoms with Crippen molar-refractivity contribution in [1.82, 2.24) is 9.97 Å². The largest absolute Gasteiger partial charge is 0.360 e. The first-order chi connectivity index (χ1) is 10.5. The van der Waals surface area contributed by atoms with Crippen LogP contribution in [0.25, 0.3) is 0 Å². The number of hydrogen-bond acceptors (Lipinski definition) is 4. The predicted octanol–water partition coefficient (Wildman–Crippen LogP) is 4.38. The molecule has 0 saturated carbocycles.